The Balaban J connectivity index is 2.36. The van der Waals surface area contributed by atoms with Gasteiger partial charge in [0.2, 0.25) is 5.82 Å². The van der Waals surface area contributed by atoms with Gasteiger partial charge in [0.15, 0.2) is 0 Å². The van der Waals surface area contributed by atoms with Crippen LogP contribution in [0.2, 0.25) is 0 Å². The Bertz CT molecular complexity index is 282. The number of rotatable bonds is 4. The molecule has 0 saturated carbocycles. The molecule has 1 aromatic rings. The van der Waals surface area contributed by atoms with Crippen LogP contribution in [-0.2, 0) is 0 Å². The Morgan fingerprint density at radius 1 is 1.71 bits per heavy atom. The second-order valence-corrected chi connectivity index (χ2v) is 3.36. The maximum atomic E-state index is 11.4. The van der Waals surface area contributed by atoms with E-state index in [1.807, 2.05) is 25.9 Å². The molecule has 1 heterocycles. The highest BCUT2D eigenvalue weighted by atomic mass is 16.2. The zero-order valence-electron chi connectivity index (χ0n) is 8.61. The van der Waals surface area contributed by atoms with E-state index in [0.29, 0.717) is 12.6 Å². The van der Waals surface area contributed by atoms with Crippen LogP contribution in [0.5, 0.6) is 0 Å². The first-order valence-corrected chi connectivity index (χ1v) is 4.41. The van der Waals surface area contributed by atoms with E-state index in [0.717, 1.165) is 0 Å². The van der Waals surface area contributed by atoms with Gasteiger partial charge >= 0.3 is 0 Å². The van der Waals surface area contributed by atoms with Gasteiger partial charge in [0.05, 0.1) is 0 Å². The molecule has 1 aromatic heterocycles. The van der Waals surface area contributed by atoms with Crippen molar-refractivity contribution in [2.75, 3.05) is 20.6 Å². The number of hydrogen-bond acceptors (Lipinski definition) is 4. The van der Waals surface area contributed by atoms with Crippen molar-refractivity contribution in [2.24, 2.45) is 0 Å². The number of likely N-dealkylation sites (N-methyl/N-ethyl adjacent to an activating group) is 1. The van der Waals surface area contributed by atoms with Crippen molar-refractivity contribution in [3.8, 4) is 0 Å². The fourth-order valence-electron chi connectivity index (χ4n) is 0.822. The van der Waals surface area contributed by atoms with Gasteiger partial charge in [0.25, 0.3) is 5.91 Å². The van der Waals surface area contributed by atoms with Gasteiger partial charge in [-0.1, -0.05) is 0 Å². The third kappa shape index (κ3) is 2.81. The second-order valence-electron chi connectivity index (χ2n) is 3.36. The molecule has 0 saturated heterocycles. The lowest BCUT2D eigenvalue weighted by Gasteiger charge is -2.19. The second kappa shape index (κ2) is 4.71. The summed E-state index contributed by atoms with van der Waals surface area (Å²) in [5.74, 6) is 0.0205. The van der Waals surface area contributed by atoms with E-state index >= 15 is 0 Å². The molecular formula is C8H15N5O. The van der Waals surface area contributed by atoms with Crippen LogP contribution in [0.3, 0.4) is 0 Å². The number of aromatic nitrogens is 3. The van der Waals surface area contributed by atoms with Crippen molar-refractivity contribution in [1.29, 1.82) is 0 Å². The van der Waals surface area contributed by atoms with Gasteiger partial charge in [-0.15, -0.1) is 0 Å². The van der Waals surface area contributed by atoms with Crippen molar-refractivity contribution >= 4 is 5.91 Å². The number of carbonyl (C=O) groups excluding carboxylic acids is 1. The van der Waals surface area contributed by atoms with Crippen molar-refractivity contribution in [3.05, 3.63) is 12.2 Å². The van der Waals surface area contributed by atoms with E-state index in [9.17, 15) is 4.79 Å². The fourth-order valence-corrected chi connectivity index (χ4v) is 0.822. The lowest BCUT2D eigenvalue weighted by atomic mass is 10.3. The number of carbonyl (C=O) groups is 1. The van der Waals surface area contributed by atoms with Crippen LogP contribution in [-0.4, -0.2) is 52.7 Å². The molecule has 0 bridgehead atoms. The Morgan fingerprint density at radius 3 is 2.93 bits per heavy atom. The number of amides is 1. The third-order valence-electron chi connectivity index (χ3n) is 2.07. The SMILES string of the molecule is CC(CNC(=O)c1ncn[nH]1)N(C)C. The van der Waals surface area contributed by atoms with Crippen LogP contribution in [0.4, 0.5) is 0 Å². The zero-order valence-corrected chi connectivity index (χ0v) is 8.61. The summed E-state index contributed by atoms with van der Waals surface area (Å²) in [6.45, 7) is 2.62. The molecule has 1 rings (SSSR count). The smallest absolute Gasteiger partial charge is 0.288 e. The minimum absolute atomic E-state index is 0.226. The van der Waals surface area contributed by atoms with Crippen LogP contribution in [0.15, 0.2) is 6.33 Å². The molecule has 0 spiro atoms. The monoisotopic (exact) mass is 197 g/mol. The zero-order chi connectivity index (χ0) is 10.6. The minimum atomic E-state index is -0.226. The van der Waals surface area contributed by atoms with E-state index in [2.05, 4.69) is 20.5 Å². The van der Waals surface area contributed by atoms with Gasteiger partial charge in [0, 0.05) is 12.6 Å². The Morgan fingerprint density at radius 2 is 2.43 bits per heavy atom. The summed E-state index contributed by atoms with van der Waals surface area (Å²) in [6.07, 6.45) is 1.31. The molecule has 14 heavy (non-hydrogen) atoms. The Kier molecular flexibility index (Phi) is 3.58. The average Bonchev–Trinajstić information content (AvgIpc) is 2.66. The normalized spacial score (nSPS) is 12.9. The minimum Gasteiger partial charge on any atom is -0.348 e. The highest BCUT2D eigenvalue weighted by Crippen LogP contribution is 1.90. The molecule has 0 aromatic carbocycles. The summed E-state index contributed by atoms with van der Waals surface area (Å²) < 4.78 is 0. The highest BCUT2D eigenvalue weighted by molar-refractivity contribution is 5.90. The van der Waals surface area contributed by atoms with Crippen LogP contribution in [0, 0.1) is 0 Å². The first-order valence-electron chi connectivity index (χ1n) is 4.41. The van der Waals surface area contributed by atoms with Crippen LogP contribution < -0.4 is 5.32 Å². The Hall–Kier alpha value is -1.43. The van der Waals surface area contributed by atoms with Crippen LogP contribution in [0.1, 0.15) is 17.5 Å². The van der Waals surface area contributed by atoms with Crippen molar-refractivity contribution in [1.82, 2.24) is 25.4 Å². The number of H-pyrrole nitrogens is 1. The summed E-state index contributed by atoms with van der Waals surface area (Å²) in [7, 11) is 3.93. The first kappa shape index (κ1) is 10.6. The molecule has 1 unspecified atom stereocenters. The quantitative estimate of drug-likeness (QED) is 0.681. The largest absolute Gasteiger partial charge is 0.348 e. The van der Waals surface area contributed by atoms with E-state index < -0.39 is 0 Å². The predicted molar refractivity (Wildman–Crippen MR) is 51.9 cm³/mol. The highest BCUT2D eigenvalue weighted by Gasteiger charge is 2.10. The fraction of sp³-hybridized carbons (Fsp3) is 0.625. The predicted octanol–water partition coefficient (Wildman–Crippen LogP) is -0.515. The Labute approximate surface area is 82.7 Å². The molecular weight excluding hydrogens is 182 g/mol. The van der Waals surface area contributed by atoms with Gasteiger partial charge < -0.3 is 10.2 Å². The molecule has 0 radical (unpaired) electrons. The average molecular weight is 197 g/mol. The molecule has 0 aliphatic heterocycles. The number of hydrogen-bond donors (Lipinski definition) is 2. The van der Waals surface area contributed by atoms with Crippen molar-refractivity contribution in [2.45, 2.75) is 13.0 Å². The summed E-state index contributed by atoms with van der Waals surface area (Å²) in [6, 6.07) is 0.293. The molecule has 0 aliphatic rings. The van der Waals surface area contributed by atoms with E-state index in [4.69, 9.17) is 0 Å². The summed E-state index contributed by atoms with van der Waals surface area (Å²) >= 11 is 0. The molecule has 0 aliphatic carbocycles. The molecule has 0 fully saturated rings. The first-order chi connectivity index (χ1) is 6.61. The van der Waals surface area contributed by atoms with E-state index in [1.54, 1.807) is 0 Å². The number of nitrogens with zero attached hydrogens (tertiary/aromatic N) is 3. The molecule has 6 nitrogen and oxygen atoms in total. The van der Waals surface area contributed by atoms with Gasteiger partial charge in [-0.05, 0) is 21.0 Å². The molecule has 1 atom stereocenters. The van der Waals surface area contributed by atoms with Gasteiger partial charge in [0.1, 0.15) is 6.33 Å². The van der Waals surface area contributed by atoms with Gasteiger partial charge in [-0.25, -0.2) is 4.98 Å². The van der Waals surface area contributed by atoms with Crippen LogP contribution in [0.25, 0.3) is 0 Å². The lowest BCUT2D eigenvalue weighted by molar-refractivity contribution is 0.0933. The summed E-state index contributed by atoms with van der Waals surface area (Å²) in [5.41, 5.74) is 0. The summed E-state index contributed by atoms with van der Waals surface area (Å²) in [4.78, 5) is 17.1. The molecule has 6 heteroatoms. The topological polar surface area (TPSA) is 73.9 Å². The van der Waals surface area contributed by atoms with Gasteiger partial charge in [-0.3, -0.25) is 9.89 Å². The molecule has 78 valence electrons. The number of nitrogens with one attached hydrogen (secondary N) is 2. The van der Waals surface area contributed by atoms with E-state index in [1.165, 1.54) is 6.33 Å². The maximum absolute atomic E-state index is 11.4. The van der Waals surface area contributed by atoms with Crippen molar-refractivity contribution in [3.63, 3.8) is 0 Å². The number of aromatic amines is 1. The third-order valence-corrected chi connectivity index (χ3v) is 2.07. The van der Waals surface area contributed by atoms with Gasteiger partial charge in [-0.2, -0.15) is 5.10 Å². The summed E-state index contributed by atoms with van der Waals surface area (Å²) in [5, 5.41) is 8.85. The van der Waals surface area contributed by atoms with Crippen molar-refractivity contribution < 1.29 is 4.79 Å². The molecule has 1 amide bonds. The van der Waals surface area contributed by atoms with Crippen LogP contribution >= 0.6 is 0 Å². The maximum Gasteiger partial charge on any atom is 0.288 e. The standard InChI is InChI=1S/C8H15N5O/c1-6(13(2)3)4-9-8(14)7-10-5-11-12-7/h5-6H,4H2,1-3H3,(H,9,14)(H,10,11,12). The van der Waals surface area contributed by atoms with E-state index in [-0.39, 0.29) is 11.7 Å². The lowest BCUT2D eigenvalue weighted by Crippen LogP contribution is -2.38. The molecule has 2 N–H and O–H groups in total.